The van der Waals surface area contributed by atoms with Crippen molar-refractivity contribution in [3.05, 3.63) is 26.7 Å². The fourth-order valence-electron chi connectivity index (χ4n) is 2.03. The van der Waals surface area contributed by atoms with Gasteiger partial charge < -0.3 is 10.0 Å². The lowest BCUT2D eigenvalue weighted by Gasteiger charge is -2.11. The number of rotatable bonds is 10. The number of nitrogens with zero attached hydrogens (tertiary/aromatic N) is 3. The van der Waals surface area contributed by atoms with Crippen molar-refractivity contribution in [2.45, 2.75) is 64.9 Å². The van der Waals surface area contributed by atoms with Gasteiger partial charge in [0.15, 0.2) is 6.10 Å². The van der Waals surface area contributed by atoms with E-state index in [1.54, 1.807) is 0 Å². The quantitative estimate of drug-likeness (QED) is 0.283. The first kappa shape index (κ1) is 16.2. The summed E-state index contributed by atoms with van der Waals surface area (Å²) >= 11 is 0. The van der Waals surface area contributed by atoms with Gasteiger partial charge in [0, 0.05) is 11.6 Å². The minimum Gasteiger partial charge on any atom is -0.359 e. The Morgan fingerprint density at radius 2 is 2.05 bits per heavy atom. The number of unbranched alkanes of at least 4 members (excludes halogenated alkanes) is 3. The van der Waals surface area contributed by atoms with Crippen molar-refractivity contribution in [2.75, 3.05) is 0 Å². The fourth-order valence-corrected chi connectivity index (χ4v) is 2.03. The van der Waals surface area contributed by atoms with E-state index in [1.165, 1.54) is 0 Å². The molecule has 20 heavy (non-hydrogen) atoms. The minimum atomic E-state index is -0.912. The van der Waals surface area contributed by atoms with Crippen molar-refractivity contribution >= 4 is 0 Å². The number of hydrogen-bond acceptors (Lipinski definition) is 6. The van der Waals surface area contributed by atoms with Crippen LogP contribution in [0, 0.1) is 15.3 Å². The van der Waals surface area contributed by atoms with Crippen molar-refractivity contribution < 1.29 is 19.5 Å². The molecule has 1 aromatic rings. The van der Waals surface area contributed by atoms with Crippen molar-refractivity contribution in [2.24, 2.45) is 0 Å². The van der Waals surface area contributed by atoms with E-state index in [9.17, 15) is 15.3 Å². The van der Waals surface area contributed by atoms with E-state index >= 15 is 0 Å². The molecule has 8 nitrogen and oxygen atoms in total. The van der Waals surface area contributed by atoms with Gasteiger partial charge in [-0.2, -0.15) is 0 Å². The van der Waals surface area contributed by atoms with Gasteiger partial charge in [-0.05, 0) is 17.7 Å². The first-order chi connectivity index (χ1) is 9.60. The average Bonchev–Trinajstić information content (AvgIpc) is 2.76. The zero-order chi connectivity index (χ0) is 15.0. The Kier molecular flexibility index (Phi) is 6.75. The summed E-state index contributed by atoms with van der Waals surface area (Å²) in [6.45, 7) is 4.03. The van der Waals surface area contributed by atoms with Crippen LogP contribution in [0.15, 0.2) is 4.63 Å². The molecule has 0 N–H and O–H groups in total. The second kappa shape index (κ2) is 8.34. The lowest BCUT2D eigenvalue weighted by Crippen LogP contribution is -2.32. The molecule has 0 aliphatic carbocycles. The lowest BCUT2D eigenvalue weighted by molar-refractivity contribution is -0.825. The summed E-state index contributed by atoms with van der Waals surface area (Å²) in [6.07, 6.45) is 4.51. The maximum absolute atomic E-state index is 11.6. The Balaban J connectivity index is 2.86. The summed E-state index contributed by atoms with van der Waals surface area (Å²) < 4.78 is 4.58. The molecule has 0 fully saturated rings. The standard InChI is InChI=1S/C12H21N3O5/c1-3-5-7-8-10-12(14(16)20-13-10)11(9-6-4-2)19-15(17)18/h11H,3-9H2,1-2H3. The van der Waals surface area contributed by atoms with Crippen LogP contribution in [0.1, 0.15) is 69.9 Å². The highest BCUT2D eigenvalue weighted by Crippen LogP contribution is 2.24. The van der Waals surface area contributed by atoms with Gasteiger partial charge in [0.25, 0.3) is 5.09 Å². The van der Waals surface area contributed by atoms with Crippen LogP contribution in [-0.2, 0) is 11.3 Å². The Morgan fingerprint density at radius 3 is 2.65 bits per heavy atom. The second-order valence-electron chi connectivity index (χ2n) is 4.68. The molecular weight excluding hydrogens is 266 g/mol. The van der Waals surface area contributed by atoms with Crippen LogP contribution in [0.5, 0.6) is 0 Å². The fraction of sp³-hybridized carbons (Fsp3) is 0.833. The zero-order valence-electron chi connectivity index (χ0n) is 11.9. The Labute approximate surface area is 117 Å². The maximum Gasteiger partial charge on any atom is 0.295 e. The lowest BCUT2D eigenvalue weighted by atomic mass is 10.0. The molecule has 0 saturated carbocycles. The molecule has 0 spiro atoms. The van der Waals surface area contributed by atoms with Crippen LogP contribution in [0.3, 0.4) is 0 Å². The molecule has 1 unspecified atom stereocenters. The molecular formula is C12H21N3O5. The number of hydrogen-bond donors (Lipinski definition) is 0. The highest BCUT2D eigenvalue weighted by atomic mass is 17.0. The highest BCUT2D eigenvalue weighted by molar-refractivity contribution is 5.07. The summed E-state index contributed by atoms with van der Waals surface area (Å²) in [5, 5.41) is 25.0. The molecule has 1 rings (SSSR count). The Morgan fingerprint density at radius 1 is 1.35 bits per heavy atom. The molecule has 0 aliphatic heterocycles. The SMILES string of the molecule is CCCCCc1no[n+]([O-])c1C(CCCC)O[N+](=O)[O-]. The Bertz CT molecular complexity index is 421. The van der Waals surface area contributed by atoms with Gasteiger partial charge in [0.05, 0.1) is 0 Å². The van der Waals surface area contributed by atoms with Gasteiger partial charge in [-0.15, -0.1) is 10.1 Å². The van der Waals surface area contributed by atoms with Gasteiger partial charge in [0.1, 0.15) is 0 Å². The third kappa shape index (κ3) is 4.67. The molecule has 8 heteroatoms. The van der Waals surface area contributed by atoms with Crippen molar-refractivity contribution in [3.8, 4) is 0 Å². The highest BCUT2D eigenvalue weighted by Gasteiger charge is 2.30. The van der Waals surface area contributed by atoms with Gasteiger partial charge in [0.2, 0.25) is 11.4 Å². The topological polar surface area (TPSA) is 105 Å². The summed E-state index contributed by atoms with van der Waals surface area (Å²) in [4.78, 5) is 15.4. The third-order valence-corrected chi connectivity index (χ3v) is 3.07. The maximum atomic E-state index is 11.6. The zero-order valence-corrected chi connectivity index (χ0v) is 11.9. The largest absolute Gasteiger partial charge is 0.359 e. The van der Waals surface area contributed by atoms with Crippen molar-refractivity contribution in [1.29, 1.82) is 0 Å². The average molecular weight is 287 g/mol. The van der Waals surface area contributed by atoms with Crippen molar-refractivity contribution in [1.82, 2.24) is 5.16 Å². The van der Waals surface area contributed by atoms with E-state index in [1.807, 2.05) is 6.92 Å². The van der Waals surface area contributed by atoms with E-state index in [0.29, 0.717) is 18.5 Å². The van der Waals surface area contributed by atoms with E-state index in [-0.39, 0.29) is 10.6 Å². The third-order valence-electron chi connectivity index (χ3n) is 3.07. The molecule has 1 atom stereocenters. The molecule has 1 heterocycles. The van der Waals surface area contributed by atoms with Crippen LogP contribution in [0.2, 0.25) is 0 Å². The Hall–Kier alpha value is -1.86. The molecule has 0 radical (unpaired) electrons. The first-order valence-corrected chi connectivity index (χ1v) is 6.99. The predicted octanol–water partition coefficient (Wildman–Crippen LogP) is 2.48. The smallest absolute Gasteiger partial charge is 0.295 e. The molecule has 0 bridgehead atoms. The van der Waals surface area contributed by atoms with Crippen LogP contribution in [0.4, 0.5) is 0 Å². The monoisotopic (exact) mass is 287 g/mol. The summed E-state index contributed by atoms with van der Waals surface area (Å²) in [6, 6.07) is 0. The summed E-state index contributed by atoms with van der Waals surface area (Å²) in [7, 11) is 0. The van der Waals surface area contributed by atoms with Crippen LogP contribution in [0.25, 0.3) is 0 Å². The predicted molar refractivity (Wildman–Crippen MR) is 69.0 cm³/mol. The first-order valence-electron chi connectivity index (χ1n) is 6.99. The molecule has 0 aliphatic rings. The second-order valence-corrected chi connectivity index (χ2v) is 4.68. The van der Waals surface area contributed by atoms with E-state index < -0.39 is 11.2 Å². The van der Waals surface area contributed by atoms with Gasteiger partial charge >= 0.3 is 0 Å². The number of aryl methyl sites for hydroxylation is 1. The van der Waals surface area contributed by atoms with Crippen LogP contribution >= 0.6 is 0 Å². The van der Waals surface area contributed by atoms with Crippen LogP contribution < -0.4 is 4.90 Å². The van der Waals surface area contributed by atoms with Crippen molar-refractivity contribution in [3.63, 3.8) is 0 Å². The van der Waals surface area contributed by atoms with Gasteiger partial charge in [-0.25, -0.2) is 0 Å². The molecule has 0 amide bonds. The molecule has 0 aromatic carbocycles. The van der Waals surface area contributed by atoms with E-state index in [4.69, 9.17) is 0 Å². The van der Waals surface area contributed by atoms with Gasteiger partial charge in [-0.1, -0.05) is 39.5 Å². The molecule has 114 valence electrons. The van der Waals surface area contributed by atoms with E-state index in [2.05, 4.69) is 21.5 Å². The number of aromatic nitrogens is 2. The summed E-state index contributed by atoms with van der Waals surface area (Å²) in [5.74, 6) is 0. The van der Waals surface area contributed by atoms with E-state index in [0.717, 1.165) is 32.1 Å². The minimum absolute atomic E-state index is 0.131. The van der Waals surface area contributed by atoms with Gasteiger partial charge in [-0.3, -0.25) is 4.63 Å². The summed E-state index contributed by atoms with van der Waals surface area (Å²) in [5.41, 5.74) is 0.586. The normalized spacial score (nSPS) is 12.3. The molecule has 1 aromatic heterocycles. The van der Waals surface area contributed by atoms with Crippen LogP contribution in [-0.4, -0.2) is 10.2 Å². The molecule has 0 saturated heterocycles.